The standard InChI is InChI=1S/C23H23N3O5S2/c1-2-15-24-32(28,29)17-18-11-13-20(14-12-18)25-23(27)19-7-6-8-21(16-19)26-33(30,31)22-9-4-3-5-10-22/h2-14,16,24,26H,1,15,17H2,(H,25,27). The number of benzene rings is 3. The van der Waals surface area contributed by atoms with Gasteiger partial charge in [0.15, 0.2) is 0 Å². The van der Waals surface area contributed by atoms with Crippen molar-refractivity contribution in [2.45, 2.75) is 10.6 Å². The first kappa shape index (κ1) is 24.2. The first-order valence-corrected chi connectivity index (χ1v) is 13.0. The molecule has 0 spiro atoms. The van der Waals surface area contributed by atoms with Gasteiger partial charge in [0.25, 0.3) is 15.9 Å². The Labute approximate surface area is 193 Å². The molecule has 10 heteroatoms. The van der Waals surface area contributed by atoms with E-state index < -0.39 is 26.0 Å². The number of amides is 1. The molecule has 0 fully saturated rings. The summed E-state index contributed by atoms with van der Waals surface area (Å²) in [4.78, 5) is 12.7. The molecule has 3 aromatic carbocycles. The maximum absolute atomic E-state index is 12.6. The fourth-order valence-electron chi connectivity index (χ4n) is 2.88. The Hall–Kier alpha value is -3.47. The Morgan fingerprint density at radius 3 is 2.21 bits per heavy atom. The molecule has 3 rings (SSSR count). The van der Waals surface area contributed by atoms with Gasteiger partial charge in [-0.05, 0) is 48.0 Å². The zero-order valence-corrected chi connectivity index (χ0v) is 19.2. The molecule has 0 aliphatic rings. The van der Waals surface area contributed by atoms with Crippen molar-refractivity contribution in [2.24, 2.45) is 0 Å². The van der Waals surface area contributed by atoms with Crippen LogP contribution in [0.5, 0.6) is 0 Å². The monoisotopic (exact) mass is 485 g/mol. The molecule has 33 heavy (non-hydrogen) atoms. The highest BCUT2D eigenvalue weighted by molar-refractivity contribution is 7.92. The minimum Gasteiger partial charge on any atom is -0.322 e. The first-order valence-electron chi connectivity index (χ1n) is 9.85. The highest BCUT2D eigenvalue weighted by Gasteiger charge is 2.15. The maximum atomic E-state index is 12.6. The number of carbonyl (C=O) groups is 1. The summed E-state index contributed by atoms with van der Waals surface area (Å²) in [5.41, 5.74) is 1.53. The van der Waals surface area contributed by atoms with Crippen LogP contribution in [0.2, 0.25) is 0 Å². The summed E-state index contributed by atoms with van der Waals surface area (Å²) in [6.07, 6.45) is 1.46. The predicted octanol–water partition coefficient (Wildman–Crippen LogP) is 3.35. The van der Waals surface area contributed by atoms with Crippen LogP contribution >= 0.6 is 0 Å². The Bertz CT molecular complexity index is 1340. The van der Waals surface area contributed by atoms with Gasteiger partial charge < -0.3 is 5.32 Å². The molecule has 0 aliphatic heterocycles. The van der Waals surface area contributed by atoms with Gasteiger partial charge in [-0.3, -0.25) is 9.52 Å². The van der Waals surface area contributed by atoms with Gasteiger partial charge in [-0.15, -0.1) is 6.58 Å². The first-order chi connectivity index (χ1) is 15.7. The molecule has 0 atom stereocenters. The maximum Gasteiger partial charge on any atom is 0.261 e. The molecule has 3 N–H and O–H groups in total. The van der Waals surface area contributed by atoms with E-state index in [1.54, 1.807) is 60.7 Å². The quantitative estimate of drug-likeness (QED) is 0.380. The summed E-state index contributed by atoms with van der Waals surface area (Å²) in [7, 11) is -7.26. The van der Waals surface area contributed by atoms with Crippen LogP contribution in [0, 0.1) is 0 Å². The van der Waals surface area contributed by atoms with E-state index in [2.05, 4.69) is 21.3 Å². The lowest BCUT2D eigenvalue weighted by Gasteiger charge is -2.10. The second-order valence-electron chi connectivity index (χ2n) is 7.05. The van der Waals surface area contributed by atoms with Crippen LogP contribution in [-0.4, -0.2) is 29.3 Å². The molecule has 0 radical (unpaired) electrons. The van der Waals surface area contributed by atoms with Crippen molar-refractivity contribution in [3.05, 3.63) is 103 Å². The number of carbonyl (C=O) groups excluding carboxylic acids is 1. The van der Waals surface area contributed by atoms with Crippen molar-refractivity contribution < 1.29 is 21.6 Å². The van der Waals surface area contributed by atoms with Gasteiger partial charge >= 0.3 is 0 Å². The van der Waals surface area contributed by atoms with Crippen molar-refractivity contribution >= 4 is 37.3 Å². The summed E-state index contributed by atoms with van der Waals surface area (Å²) in [6, 6.07) is 20.4. The molecular formula is C23H23N3O5S2. The van der Waals surface area contributed by atoms with Crippen molar-refractivity contribution in [1.82, 2.24) is 4.72 Å². The third-order valence-corrected chi connectivity index (χ3v) is 7.16. The molecule has 0 saturated carbocycles. The van der Waals surface area contributed by atoms with Crippen LogP contribution in [0.4, 0.5) is 11.4 Å². The summed E-state index contributed by atoms with van der Waals surface area (Å²) in [5, 5.41) is 2.71. The van der Waals surface area contributed by atoms with E-state index in [1.165, 1.54) is 24.3 Å². The molecule has 172 valence electrons. The minimum absolute atomic E-state index is 0.113. The van der Waals surface area contributed by atoms with E-state index in [-0.39, 0.29) is 28.4 Å². The Morgan fingerprint density at radius 1 is 0.848 bits per heavy atom. The predicted molar refractivity (Wildman–Crippen MR) is 129 cm³/mol. The Kier molecular flexibility index (Phi) is 7.64. The van der Waals surface area contributed by atoms with Crippen LogP contribution in [0.25, 0.3) is 0 Å². The van der Waals surface area contributed by atoms with E-state index in [4.69, 9.17) is 0 Å². The molecule has 0 unspecified atom stereocenters. The van der Waals surface area contributed by atoms with Gasteiger partial charge in [0.05, 0.1) is 10.6 Å². The fourth-order valence-corrected chi connectivity index (χ4v) is 5.06. The molecule has 0 bridgehead atoms. The molecule has 0 heterocycles. The number of hydrogen-bond acceptors (Lipinski definition) is 5. The zero-order chi connectivity index (χ0) is 23.9. The lowest BCUT2D eigenvalue weighted by Crippen LogP contribution is -2.25. The number of anilines is 2. The minimum atomic E-state index is -3.78. The summed E-state index contributed by atoms with van der Waals surface area (Å²) < 4.78 is 53.8. The van der Waals surface area contributed by atoms with Gasteiger partial charge in [0.1, 0.15) is 0 Å². The van der Waals surface area contributed by atoms with Crippen molar-refractivity contribution in [1.29, 1.82) is 0 Å². The van der Waals surface area contributed by atoms with E-state index in [9.17, 15) is 21.6 Å². The molecule has 1 amide bonds. The summed E-state index contributed by atoms with van der Waals surface area (Å²) in [6.45, 7) is 3.62. The number of hydrogen-bond donors (Lipinski definition) is 3. The van der Waals surface area contributed by atoms with Crippen LogP contribution in [-0.2, 0) is 25.8 Å². The number of sulfonamides is 2. The van der Waals surface area contributed by atoms with Crippen molar-refractivity contribution in [3.63, 3.8) is 0 Å². The highest BCUT2D eigenvalue weighted by Crippen LogP contribution is 2.18. The van der Waals surface area contributed by atoms with Gasteiger partial charge in [-0.1, -0.05) is 42.5 Å². The second-order valence-corrected chi connectivity index (χ2v) is 10.5. The second kappa shape index (κ2) is 10.4. The third-order valence-electron chi connectivity index (χ3n) is 4.45. The largest absolute Gasteiger partial charge is 0.322 e. The van der Waals surface area contributed by atoms with Crippen molar-refractivity contribution in [2.75, 3.05) is 16.6 Å². The Morgan fingerprint density at radius 2 is 1.55 bits per heavy atom. The third kappa shape index (κ3) is 7.01. The molecule has 0 saturated heterocycles. The van der Waals surface area contributed by atoms with Gasteiger partial charge in [-0.2, -0.15) is 0 Å². The van der Waals surface area contributed by atoms with Gasteiger partial charge in [-0.25, -0.2) is 21.6 Å². The van der Waals surface area contributed by atoms with Gasteiger partial charge in [0.2, 0.25) is 10.0 Å². The zero-order valence-electron chi connectivity index (χ0n) is 17.6. The highest BCUT2D eigenvalue weighted by atomic mass is 32.2. The lowest BCUT2D eigenvalue weighted by atomic mass is 10.1. The van der Waals surface area contributed by atoms with Crippen LogP contribution < -0.4 is 14.8 Å². The SMILES string of the molecule is C=CCNS(=O)(=O)Cc1ccc(NC(=O)c2cccc(NS(=O)(=O)c3ccccc3)c2)cc1. The number of rotatable bonds is 10. The molecule has 0 aromatic heterocycles. The van der Waals surface area contributed by atoms with Crippen LogP contribution in [0.1, 0.15) is 15.9 Å². The van der Waals surface area contributed by atoms with E-state index in [0.717, 1.165) is 0 Å². The topological polar surface area (TPSA) is 121 Å². The summed E-state index contributed by atoms with van der Waals surface area (Å²) >= 11 is 0. The average Bonchev–Trinajstić information content (AvgIpc) is 2.79. The summed E-state index contributed by atoms with van der Waals surface area (Å²) in [5.74, 6) is -0.637. The van der Waals surface area contributed by atoms with E-state index >= 15 is 0 Å². The molecule has 3 aromatic rings. The van der Waals surface area contributed by atoms with E-state index in [1.807, 2.05) is 0 Å². The average molecular weight is 486 g/mol. The lowest BCUT2D eigenvalue weighted by molar-refractivity contribution is 0.102. The van der Waals surface area contributed by atoms with Gasteiger partial charge in [0, 0.05) is 23.5 Å². The fraction of sp³-hybridized carbons (Fsp3) is 0.0870. The number of nitrogens with one attached hydrogen (secondary N) is 3. The normalized spacial score (nSPS) is 11.5. The van der Waals surface area contributed by atoms with Crippen molar-refractivity contribution in [3.8, 4) is 0 Å². The smallest absolute Gasteiger partial charge is 0.261 e. The molecular weight excluding hydrogens is 462 g/mol. The molecule has 0 aliphatic carbocycles. The Balaban J connectivity index is 1.67. The van der Waals surface area contributed by atoms with E-state index in [0.29, 0.717) is 11.3 Å². The van der Waals surface area contributed by atoms with Crippen LogP contribution in [0.3, 0.4) is 0 Å². The molecule has 8 nitrogen and oxygen atoms in total. The van der Waals surface area contributed by atoms with Crippen LogP contribution in [0.15, 0.2) is 96.4 Å².